The van der Waals surface area contributed by atoms with E-state index in [1.807, 2.05) is 0 Å². The molecule has 11 nitrogen and oxygen atoms in total. The molecule has 0 saturated heterocycles. The summed E-state index contributed by atoms with van der Waals surface area (Å²) in [5.41, 5.74) is -2.42. The minimum absolute atomic E-state index is 0.194. The predicted molar refractivity (Wildman–Crippen MR) is 123 cm³/mol. The molecular formula is C21H18F3N5O6S2. The summed E-state index contributed by atoms with van der Waals surface area (Å²) in [5, 5.41) is 12.9. The number of aromatic amines is 1. The maximum Gasteiger partial charge on any atom is 0.416 e. The molecular weight excluding hydrogens is 539 g/mol. The quantitative estimate of drug-likeness (QED) is 0.309. The van der Waals surface area contributed by atoms with Gasteiger partial charge in [0.1, 0.15) is 0 Å². The Morgan fingerprint density at radius 1 is 1.14 bits per heavy atom. The summed E-state index contributed by atoms with van der Waals surface area (Å²) in [6.07, 6.45) is 0.214. The topological polar surface area (TPSA) is 171 Å². The molecule has 4 N–H and O–H groups in total. The van der Waals surface area contributed by atoms with Gasteiger partial charge in [-0.05, 0) is 31.0 Å². The number of anilines is 2. The Labute approximate surface area is 211 Å². The number of aromatic carboxylic acids is 1. The number of aromatic nitrogens is 3. The first-order chi connectivity index (χ1) is 17.4. The van der Waals surface area contributed by atoms with Crippen LogP contribution >= 0.6 is 11.3 Å². The molecule has 2 aromatic heterocycles. The molecule has 196 valence electrons. The number of nitrogens with zero attached hydrogens (tertiary/aromatic N) is 2. The highest BCUT2D eigenvalue weighted by Crippen LogP contribution is 2.36. The number of H-pyrrole nitrogens is 1. The van der Waals surface area contributed by atoms with E-state index >= 15 is 0 Å². The number of amides is 2. The van der Waals surface area contributed by atoms with Crippen molar-refractivity contribution in [2.75, 3.05) is 10.6 Å². The zero-order chi connectivity index (χ0) is 27.0. The second-order valence-corrected chi connectivity index (χ2v) is 11.1. The van der Waals surface area contributed by atoms with E-state index in [0.29, 0.717) is 36.3 Å². The molecule has 4 rings (SSSR count). The molecule has 0 radical (unpaired) electrons. The molecule has 2 amide bonds. The van der Waals surface area contributed by atoms with Crippen molar-refractivity contribution >= 4 is 49.8 Å². The van der Waals surface area contributed by atoms with Crippen molar-refractivity contribution in [2.24, 2.45) is 5.92 Å². The van der Waals surface area contributed by atoms with Gasteiger partial charge < -0.3 is 15.4 Å². The van der Waals surface area contributed by atoms with E-state index in [1.54, 1.807) is 0 Å². The molecule has 37 heavy (non-hydrogen) atoms. The smallest absolute Gasteiger partial charge is 0.416 e. The first-order valence-corrected chi connectivity index (χ1v) is 13.0. The third-order valence-corrected chi connectivity index (χ3v) is 8.66. The second-order valence-electron chi connectivity index (χ2n) is 8.04. The molecule has 0 atom stereocenters. The minimum Gasteiger partial charge on any atom is -0.476 e. The number of hydrogen-bond donors (Lipinski definition) is 4. The molecule has 0 bridgehead atoms. The average molecular weight is 558 g/mol. The SMILES string of the molecule is O=C(Nc1nc(C(=O)O)c(S(=O)(=O)c2ncc[nH]2)s1)Nc1ccc(C(F)(F)F)cc1C(=O)C1CCCC1. The number of ketones is 1. The lowest BCUT2D eigenvalue weighted by molar-refractivity contribution is -0.137. The molecule has 1 saturated carbocycles. The second kappa shape index (κ2) is 9.93. The maximum absolute atomic E-state index is 13.3. The van der Waals surface area contributed by atoms with Gasteiger partial charge in [0, 0.05) is 23.9 Å². The Hall–Kier alpha value is -3.79. The Bertz CT molecular complexity index is 1460. The Morgan fingerprint density at radius 2 is 1.84 bits per heavy atom. The number of nitrogens with one attached hydrogen (secondary N) is 3. The minimum atomic E-state index is -4.71. The molecule has 0 unspecified atom stereocenters. The summed E-state index contributed by atoms with van der Waals surface area (Å²) in [7, 11) is -4.41. The van der Waals surface area contributed by atoms with E-state index in [2.05, 4.69) is 25.6 Å². The summed E-state index contributed by atoms with van der Waals surface area (Å²) in [6, 6.07) is 1.26. The van der Waals surface area contributed by atoms with Crippen LogP contribution in [0.1, 0.15) is 52.1 Å². The predicted octanol–water partition coefficient (Wildman–Crippen LogP) is 4.43. The first kappa shape index (κ1) is 26.3. The van der Waals surface area contributed by atoms with Crippen LogP contribution in [0.3, 0.4) is 0 Å². The molecule has 0 spiro atoms. The number of urea groups is 1. The summed E-state index contributed by atoms with van der Waals surface area (Å²) >= 11 is 0.341. The fourth-order valence-corrected chi connectivity index (χ4v) is 6.44. The third kappa shape index (κ3) is 5.48. The van der Waals surface area contributed by atoms with Crippen LogP contribution in [0.15, 0.2) is 40.0 Å². The highest BCUT2D eigenvalue weighted by molar-refractivity contribution is 7.93. The molecule has 3 aromatic rings. The zero-order valence-corrected chi connectivity index (χ0v) is 20.3. The van der Waals surface area contributed by atoms with E-state index in [0.717, 1.165) is 25.1 Å². The Kier molecular flexibility index (Phi) is 7.05. The van der Waals surface area contributed by atoms with Crippen LogP contribution in [0.2, 0.25) is 0 Å². The molecule has 0 aliphatic heterocycles. The van der Waals surface area contributed by atoms with Crippen molar-refractivity contribution in [3.63, 3.8) is 0 Å². The molecule has 1 aromatic carbocycles. The molecule has 1 aliphatic rings. The van der Waals surface area contributed by atoms with Crippen LogP contribution in [0.5, 0.6) is 0 Å². The first-order valence-electron chi connectivity index (χ1n) is 10.7. The maximum atomic E-state index is 13.3. The number of carboxylic acid groups (broad SMARTS) is 1. The van der Waals surface area contributed by atoms with Gasteiger partial charge >= 0.3 is 18.2 Å². The van der Waals surface area contributed by atoms with Crippen molar-refractivity contribution in [2.45, 2.75) is 41.2 Å². The summed E-state index contributed by atoms with van der Waals surface area (Å²) in [4.78, 5) is 46.7. The number of sulfone groups is 1. The Balaban J connectivity index is 1.61. The molecule has 16 heteroatoms. The fraction of sp³-hybridized carbons (Fsp3) is 0.286. The number of carboxylic acids is 1. The zero-order valence-electron chi connectivity index (χ0n) is 18.6. The van der Waals surface area contributed by atoms with E-state index < -0.39 is 65.5 Å². The summed E-state index contributed by atoms with van der Waals surface area (Å²) < 4.78 is 64.6. The van der Waals surface area contributed by atoms with Crippen molar-refractivity contribution in [1.29, 1.82) is 0 Å². The van der Waals surface area contributed by atoms with Crippen molar-refractivity contribution < 1.29 is 41.1 Å². The van der Waals surface area contributed by atoms with Crippen LogP contribution in [0, 0.1) is 5.92 Å². The number of carbonyl (C=O) groups is 3. The van der Waals surface area contributed by atoms with Crippen molar-refractivity contribution in [1.82, 2.24) is 15.0 Å². The van der Waals surface area contributed by atoms with Gasteiger partial charge in [-0.3, -0.25) is 10.1 Å². The van der Waals surface area contributed by atoms with Gasteiger partial charge in [0.05, 0.1) is 11.3 Å². The van der Waals surface area contributed by atoms with Gasteiger partial charge in [-0.15, -0.1) is 0 Å². The van der Waals surface area contributed by atoms with Gasteiger partial charge in [-0.2, -0.15) is 13.2 Å². The van der Waals surface area contributed by atoms with Crippen molar-refractivity contribution in [3.8, 4) is 0 Å². The van der Waals surface area contributed by atoms with E-state index in [-0.39, 0.29) is 11.3 Å². The number of halogens is 3. The highest BCUT2D eigenvalue weighted by Gasteiger charge is 2.34. The average Bonchev–Trinajstić information content (AvgIpc) is 3.60. The number of imidazole rings is 1. The summed E-state index contributed by atoms with van der Waals surface area (Å²) in [5.74, 6) is -2.69. The van der Waals surface area contributed by atoms with Gasteiger partial charge in [-0.1, -0.05) is 24.2 Å². The molecule has 2 heterocycles. The van der Waals surface area contributed by atoms with Crippen LogP contribution in [0.4, 0.5) is 28.8 Å². The Morgan fingerprint density at radius 3 is 2.43 bits per heavy atom. The van der Waals surface area contributed by atoms with Gasteiger partial charge in [0.2, 0.25) is 5.16 Å². The number of benzene rings is 1. The normalized spacial score (nSPS) is 14.5. The van der Waals surface area contributed by atoms with Crippen molar-refractivity contribution in [3.05, 3.63) is 47.4 Å². The lowest BCUT2D eigenvalue weighted by Crippen LogP contribution is -2.23. The van der Waals surface area contributed by atoms with E-state index in [9.17, 15) is 41.1 Å². The van der Waals surface area contributed by atoms with E-state index in [4.69, 9.17) is 0 Å². The van der Waals surface area contributed by atoms with E-state index in [1.165, 1.54) is 6.20 Å². The number of Topliss-reactive ketones (excluding diaryl/α,β-unsaturated/α-hetero) is 1. The number of thiazole rings is 1. The number of carbonyl (C=O) groups excluding carboxylic acids is 2. The van der Waals surface area contributed by atoms with Gasteiger partial charge in [-0.25, -0.2) is 28.0 Å². The number of rotatable bonds is 7. The highest BCUT2D eigenvalue weighted by atomic mass is 32.2. The number of hydrogen-bond acceptors (Lipinski definition) is 8. The van der Waals surface area contributed by atoms with Gasteiger partial charge in [0.25, 0.3) is 9.84 Å². The van der Waals surface area contributed by atoms with Crippen LogP contribution < -0.4 is 10.6 Å². The largest absolute Gasteiger partial charge is 0.476 e. The standard InChI is InChI=1S/C21H18F3N5O6S2/c22-21(23,24)11-5-6-13(12(9-11)15(30)10-3-1-2-4-10)27-18(33)29-19-28-14(16(31)32)17(36-19)37(34,35)20-25-7-8-26-20/h5-10H,1-4H2,(H,25,26)(H,31,32)(H2,27,28,29,33). The molecule has 1 fully saturated rings. The van der Waals surface area contributed by atoms with Crippen LogP contribution in [-0.4, -0.2) is 46.3 Å². The lowest BCUT2D eigenvalue weighted by atomic mass is 9.93. The van der Waals surface area contributed by atoms with Crippen LogP contribution in [-0.2, 0) is 16.0 Å². The monoisotopic (exact) mass is 557 g/mol. The summed E-state index contributed by atoms with van der Waals surface area (Å²) in [6.45, 7) is 0. The molecule has 1 aliphatic carbocycles. The van der Waals surface area contributed by atoms with Gasteiger partial charge in [0.15, 0.2) is 20.8 Å². The number of alkyl halides is 3. The lowest BCUT2D eigenvalue weighted by Gasteiger charge is -2.16. The third-order valence-electron chi connectivity index (χ3n) is 5.58. The van der Waals surface area contributed by atoms with Crippen LogP contribution in [0.25, 0.3) is 0 Å². The fourth-order valence-electron chi connectivity index (χ4n) is 3.85.